The summed E-state index contributed by atoms with van der Waals surface area (Å²) in [5.74, 6) is -0.706. The number of amides is 2. The van der Waals surface area contributed by atoms with Gasteiger partial charge in [0.2, 0.25) is 0 Å². The van der Waals surface area contributed by atoms with Gasteiger partial charge < -0.3 is 19.7 Å². The molecule has 0 bridgehead atoms. The molecule has 0 aromatic heterocycles. The van der Waals surface area contributed by atoms with Gasteiger partial charge in [0.05, 0.1) is 13.2 Å². The van der Waals surface area contributed by atoms with Gasteiger partial charge >= 0.3 is 0 Å². The Morgan fingerprint density at radius 2 is 1.75 bits per heavy atom. The van der Waals surface area contributed by atoms with Crippen molar-refractivity contribution in [3.8, 4) is 0 Å². The molecule has 6 nitrogen and oxygen atoms in total. The first-order valence-electron chi connectivity index (χ1n) is 8.47. The molecule has 1 N–H and O–H groups in total. The van der Waals surface area contributed by atoms with Gasteiger partial charge in [-0.25, -0.2) is 0 Å². The van der Waals surface area contributed by atoms with Gasteiger partial charge in [-0.1, -0.05) is 6.07 Å². The van der Waals surface area contributed by atoms with E-state index in [1.807, 2.05) is 13.8 Å². The monoisotopic (exact) mass is 332 g/mol. The van der Waals surface area contributed by atoms with Crippen molar-refractivity contribution in [2.75, 3.05) is 26.3 Å². The molecule has 2 heterocycles. The third kappa shape index (κ3) is 3.60. The normalized spacial score (nSPS) is 19.7. The fourth-order valence-electron chi connectivity index (χ4n) is 3.16. The number of nitrogens with one attached hydrogen (secondary N) is 1. The molecule has 130 valence electrons. The van der Waals surface area contributed by atoms with Crippen LogP contribution >= 0.6 is 0 Å². The van der Waals surface area contributed by atoms with Gasteiger partial charge in [0.15, 0.2) is 5.79 Å². The van der Waals surface area contributed by atoms with Gasteiger partial charge in [0.1, 0.15) is 0 Å². The average Bonchev–Trinajstić information content (AvgIpc) is 3.02. The lowest BCUT2D eigenvalue weighted by molar-refractivity contribution is -0.181. The summed E-state index contributed by atoms with van der Waals surface area (Å²) in [6.45, 7) is 6.26. The number of benzene rings is 1. The Bertz CT molecular complexity index is 613. The van der Waals surface area contributed by atoms with Gasteiger partial charge in [0, 0.05) is 43.1 Å². The van der Waals surface area contributed by atoms with Crippen molar-refractivity contribution >= 4 is 11.8 Å². The zero-order chi connectivity index (χ0) is 17.2. The number of ether oxygens (including phenoxy) is 2. The summed E-state index contributed by atoms with van der Waals surface area (Å²) in [6.07, 6.45) is 1.37. The van der Waals surface area contributed by atoms with Crippen LogP contribution in [0.15, 0.2) is 24.3 Å². The summed E-state index contributed by atoms with van der Waals surface area (Å²) in [4.78, 5) is 26.6. The highest BCUT2D eigenvalue weighted by Crippen LogP contribution is 2.31. The highest BCUT2D eigenvalue weighted by molar-refractivity contribution is 5.99. The number of hydrogen-bond acceptors (Lipinski definition) is 4. The van der Waals surface area contributed by atoms with Crippen molar-refractivity contribution in [1.29, 1.82) is 0 Å². The minimum absolute atomic E-state index is 0.0537. The minimum Gasteiger partial charge on any atom is -0.350 e. The summed E-state index contributed by atoms with van der Waals surface area (Å²) >= 11 is 0. The molecule has 1 aromatic carbocycles. The Morgan fingerprint density at radius 3 is 2.38 bits per heavy atom. The van der Waals surface area contributed by atoms with Gasteiger partial charge in [-0.2, -0.15) is 0 Å². The number of rotatable bonds is 3. The second kappa shape index (κ2) is 6.91. The molecule has 3 rings (SSSR count). The maximum absolute atomic E-state index is 12.7. The first-order valence-corrected chi connectivity index (χ1v) is 8.47. The Labute approximate surface area is 142 Å². The van der Waals surface area contributed by atoms with E-state index in [1.165, 1.54) is 0 Å². The van der Waals surface area contributed by atoms with Crippen molar-refractivity contribution in [2.24, 2.45) is 0 Å². The van der Waals surface area contributed by atoms with Crippen LogP contribution in [0.4, 0.5) is 0 Å². The van der Waals surface area contributed by atoms with Gasteiger partial charge in [-0.15, -0.1) is 0 Å². The lowest BCUT2D eigenvalue weighted by Gasteiger charge is -2.37. The molecule has 2 saturated heterocycles. The molecule has 0 atom stereocenters. The largest absolute Gasteiger partial charge is 0.350 e. The van der Waals surface area contributed by atoms with Crippen molar-refractivity contribution < 1.29 is 19.1 Å². The molecule has 0 aliphatic carbocycles. The molecule has 24 heavy (non-hydrogen) atoms. The number of hydrogen-bond donors (Lipinski definition) is 1. The molecule has 0 saturated carbocycles. The Balaban J connectivity index is 1.66. The van der Waals surface area contributed by atoms with Crippen LogP contribution in [0.1, 0.15) is 47.4 Å². The molecule has 2 aliphatic heterocycles. The van der Waals surface area contributed by atoms with Crippen molar-refractivity contribution in [2.45, 2.75) is 38.5 Å². The maximum atomic E-state index is 12.7. The summed E-state index contributed by atoms with van der Waals surface area (Å²) in [6, 6.07) is 6.94. The molecule has 2 fully saturated rings. The second-order valence-electron chi connectivity index (χ2n) is 6.61. The van der Waals surface area contributed by atoms with Crippen LogP contribution in [-0.2, 0) is 9.47 Å². The SMILES string of the molecule is CC(C)NC(=O)c1cccc(C(=O)N2CCC3(CC2)OCCO3)c1. The molecule has 0 radical (unpaired) electrons. The molecular weight excluding hydrogens is 308 g/mol. The fourth-order valence-corrected chi connectivity index (χ4v) is 3.16. The summed E-state index contributed by atoms with van der Waals surface area (Å²) < 4.78 is 11.4. The smallest absolute Gasteiger partial charge is 0.253 e. The van der Waals surface area contributed by atoms with Crippen LogP contribution in [0.5, 0.6) is 0 Å². The van der Waals surface area contributed by atoms with Gasteiger partial charge in [0.25, 0.3) is 11.8 Å². The van der Waals surface area contributed by atoms with E-state index in [-0.39, 0.29) is 17.9 Å². The van der Waals surface area contributed by atoms with E-state index in [2.05, 4.69) is 5.32 Å². The van der Waals surface area contributed by atoms with Crippen molar-refractivity contribution in [3.05, 3.63) is 35.4 Å². The van der Waals surface area contributed by atoms with Crippen LogP contribution in [0.3, 0.4) is 0 Å². The third-order valence-electron chi connectivity index (χ3n) is 4.42. The lowest BCUT2D eigenvalue weighted by Crippen LogP contribution is -2.47. The van der Waals surface area contributed by atoms with Gasteiger partial charge in [-0.3, -0.25) is 9.59 Å². The van der Waals surface area contributed by atoms with Gasteiger partial charge in [-0.05, 0) is 32.0 Å². The maximum Gasteiger partial charge on any atom is 0.253 e. The zero-order valence-corrected chi connectivity index (χ0v) is 14.2. The topological polar surface area (TPSA) is 67.9 Å². The molecule has 1 spiro atoms. The van der Waals surface area contributed by atoms with E-state index in [0.29, 0.717) is 50.3 Å². The number of nitrogens with zero attached hydrogens (tertiary/aromatic N) is 1. The van der Waals surface area contributed by atoms with E-state index < -0.39 is 5.79 Å². The van der Waals surface area contributed by atoms with E-state index in [4.69, 9.17) is 9.47 Å². The average molecular weight is 332 g/mol. The molecule has 1 aromatic rings. The highest BCUT2D eigenvalue weighted by atomic mass is 16.7. The highest BCUT2D eigenvalue weighted by Gasteiger charge is 2.40. The quantitative estimate of drug-likeness (QED) is 0.916. The van der Waals surface area contributed by atoms with Crippen LogP contribution in [0, 0.1) is 0 Å². The molecule has 6 heteroatoms. The van der Waals surface area contributed by atoms with E-state index in [0.717, 1.165) is 0 Å². The number of likely N-dealkylation sites (tertiary alicyclic amines) is 1. The Kier molecular flexibility index (Phi) is 4.87. The first-order chi connectivity index (χ1) is 11.5. The predicted octanol–water partition coefficient (Wildman–Crippen LogP) is 1.80. The molecular formula is C18H24N2O4. The summed E-state index contributed by atoms with van der Waals surface area (Å²) in [7, 11) is 0. The molecule has 2 amide bonds. The van der Waals surface area contributed by atoms with Crippen molar-refractivity contribution in [3.63, 3.8) is 0 Å². The minimum atomic E-state index is -0.490. The second-order valence-corrected chi connectivity index (χ2v) is 6.61. The molecule has 2 aliphatic rings. The van der Waals surface area contributed by atoms with Crippen molar-refractivity contribution in [1.82, 2.24) is 10.2 Å². The van der Waals surface area contributed by atoms with Crippen LogP contribution in [0.2, 0.25) is 0 Å². The summed E-state index contributed by atoms with van der Waals surface area (Å²) in [5, 5.41) is 2.84. The summed E-state index contributed by atoms with van der Waals surface area (Å²) in [5.41, 5.74) is 1.04. The number of piperidine rings is 1. The predicted molar refractivity (Wildman–Crippen MR) is 88.8 cm³/mol. The fraction of sp³-hybridized carbons (Fsp3) is 0.556. The Hall–Kier alpha value is -1.92. The first kappa shape index (κ1) is 16.9. The number of carbonyl (C=O) groups excluding carboxylic acids is 2. The lowest BCUT2D eigenvalue weighted by atomic mass is 10.0. The Morgan fingerprint density at radius 1 is 1.12 bits per heavy atom. The van der Waals surface area contributed by atoms with E-state index in [1.54, 1.807) is 29.2 Å². The van der Waals surface area contributed by atoms with Crippen LogP contribution < -0.4 is 5.32 Å². The number of carbonyl (C=O) groups is 2. The standard InChI is InChI=1S/C18H24N2O4/c1-13(2)19-16(21)14-4-3-5-15(12-14)17(22)20-8-6-18(7-9-20)23-10-11-24-18/h3-5,12-13H,6-11H2,1-2H3,(H,19,21). The van der Waals surface area contributed by atoms with E-state index in [9.17, 15) is 9.59 Å². The van der Waals surface area contributed by atoms with Crippen LogP contribution in [0.25, 0.3) is 0 Å². The third-order valence-corrected chi connectivity index (χ3v) is 4.42. The van der Waals surface area contributed by atoms with Crippen LogP contribution in [-0.4, -0.2) is 54.8 Å². The molecule has 0 unspecified atom stereocenters. The van der Waals surface area contributed by atoms with E-state index >= 15 is 0 Å². The zero-order valence-electron chi connectivity index (χ0n) is 14.2.